The van der Waals surface area contributed by atoms with Crippen LogP contribution in [0.15, 0.2) is 37.1 Å². The monoisotopic (exact) mass is 253 g/mol. The minimum Gasteiger partial charge on any atom is -0.368 e. The lowest BCUT2D eigenvalue weighted by molar-refractivity contribution is 0.906. The van der Waals surface area contributed by atoms with Gasteiger partial charge in [0, 0.05) is 29.8 Å². The van der Waals surface area contributed by atoms with Crippen LogP contribution in [0.3, 0.4) is 0 Å². The average molecular weight is 253 g/mol. The van der Waals surface area contributed by atoms with Crippen molar-refractivity contribution >= 4 is 5.95 Å². The van der Waals surface area contributed by atoms with E-state index in [4.69, 9.17) is 5.73 Å². The Labute approximate surface area is 109 Å². The van der Waals surface area contributed by atoms with E-state index in [1.165, 1.54) is 0 Å². The van der Waals surface area contributed by atoms with E-state index >= 15 is 0 Å². The van der Waals surface area contributed by atoms with Crippen molar-refractivity contribution in [2.75, 3.05) is 5.73 Å². The maximum Gasteiger partial charge on any atom is 0.240 e. The van der Waals surface area contributed by atoms with Gasteiger partial charge in [-0.15, -0.1) is 0 Å². The number of rotatable bonds is 2. The highest BCUT2D eigenvalue weighted by Crippen LogP contribution is 2.16. The fourth-order valence-electron chi connectivity index (χ4n) is 1.69. The molecule has 0 amide bonds. The van der Waals surface area contributed by atoms with Gasteiger partial charge in [0.2, 0.25) is 11.9 Å². The first kappa shape index (κ1) is 11.3. The molecular formula is C12H11N7. The Morgan fingerprint density at radius 3 is 2.79 bits per heavy atom. The number of hydrogen-bond acceptors (Lipinski definition) is 6. The highest BCUT2D eigenvalue weighted by Gasteiger charge is 2.08. The van der Waals surface area contributed by atoms with Crippen molar-refractivity contribution in [2.24, 2.45) is 0 Å². The first-order chi connectivity index (χ1) is 9.22. The van der Waals surface area contributed by atoms with Gasteiger partial charge in [0.25, 0.3) is 0 Å². The number of pyridine rings is 1. The van der Waals surface area contributed by atoms with Crippen LogP contribution < -0.4 is 5.73 Å². The van der Waals surface area contributed by atoms with E-state index in [2.05, 4.69) is 24.9 Å². The number of nitrogens with two attached hydrogens (primary N) is 1. The van der Waals surface area contributed by atoms with Crippen LogP contribution in [0.1, 0.15) is 5.69 Å². The number of nitrogen functional groups attached to an aromatic ring is 1. The van der Waals surface area contributed by atoms with Crippen LogP contribution >= 0.6 is 0 Å². The smallest absolute Gasteiger partial charge is 0.240 e. The third-order valence-electron chi connectivity index (χ3n) is 2.53. The second-order valence-electron chi connectivity index (χ2n) is 3.97. The lowest BCUT2D eigenvalue weighted by Crippen LogP contribution is -2.06. The quantitative estimate of drug-likeness (QED) is 0.732. The maximum atomic E-state index is 5.73. The lowest BCUT2D eigenvalue weighted by atomic mass is 10.2. The van der Waals surface area contributed by atoms with Gasteiger partial charge in [0.15, 0.2) is 5.82 Å². The predicted octanol–water partition coefficient (Wildman–Crippen LogP) is 1.01. The molecule has 2 N–H and O–H groups in total. The molecule has 0 aliphatic heterocycles. The van der Waals surface area contributed by atoms with E-state index in [1.54, 1.807) is 29.5 Å². The van der Waals surface area contributed by atoms with Crippen LogP contribution in [0.5, 0.6) is 0 Å². The molecule has 0 radical (unpaired) electrons. The summed E-state index contributed by atoms with van der Waals surface area (Å²) in [4.78, 5) is 20.7. The molecule has 3 aromatic heterocycles. The van der Waals surface area contributed by atoms with Crippen LogP contribution in [0.25, 0.3) is 17.3 Å². The van der Waals surface area contributed by atoms with Crippen LogP contribution in [-0.4, -0.2) is 29.5 Å². The third-order valence-corrected chi connectivity index (χ3v) is 2.53. The van der Waals surface area contributed by atoms with E-state index in [0.717, 1.165) is 11.3 Å². The summed E-state index contributed by atoms with van der Waals surface area (Å²) in [7, 11) is 0. The van der Waals surface area contributed by atoms with Gasteiger partial charge in [-0.2, -0.15) is 15.0 Å². The normalized spacial score (nSPS) is 10.6. The minimum absolute atomic E-state index is 0.170. The molecule has 0 saturated heterocycles. The van der Waals surface area contributed by atoms with Crippen LogP contribution in [0.4, 0.5) is 5.95 Å². The standard InChI is InChI=1S/C12H11N7/c1-8-6-9(2-3-15-8)10-16-11(13)18-12(17-10)19-5-4-14-7-19/h2-7H,1H3,(H2,13,16,17,18). The number of hydrogen-bond donors (Lipinski definition) is 1. The first-order valence-corrected chi connectivity index (χ1v) is 5.65. The molecule has 0 saturated carbocycles. The predicted molar refractivity (Wildman–Crippen MR) is 69.3 cm³/mol. The molecule has 7 nitrogen and oxygen atoms in total. The number of aromatic nitrogens is 6. The Balaban J connectivity index is 2.12. The van der Waals surface area contributed by atoms with Crippen molar-refractivity contribution in [3.05, 3.63) is 42.7 Å². The summed E-state index contributed by atoms with van der Waals surface area (Å²) in [6.45, 7) is 1.91. The van der Waals surface area contributed by atoms with Gasteiger partial charge in [-0.3, -0.25) is 9.55 Å². The van der Waals surface area contributed by atoms with Gasteiger partial charge in [0.05, 0.1) is 0 Å². The summed E-state index contributed by atoms with van der Waals surface area (Å²) < 4.78 is 1.68. The molecule has 7 heteroatoms. The SMILES string of the molecule is Cc1cc(-c2nc(N)nc(-n3ccnc3)n2)ccn1. The van der Waals surface area contributed by atoms with Crippen molar-refractivity contribution in [2.45, 2.75) is 6.92 Å². The Bertz CT molecular complexity index is 706. The molecule has 94 valence electrons. The van der Waals surface area contributed by atoms with Gasteiger partial charge >= 0.3 is 0 Å². The highest BCUT2D eigenvalue weighted by atomic mass is 15.2. The van der Waals surface area contributed by atoms with Crippen LogP contribution in [-0.2, 0) is 0 Å². The molecule has 0 unspecified atom stereocenters. The molecule has 0 atom stereocenters. The van der Waals surface area contributed by atoms with Gasteiger partial charge < -0.3 is 5.73 Å². The average Bonchev–Trinajstić information content (AvgIpc) is 2.92. The second-order valence-corrected chi connectivity index (χ2v) is 3.97. The van der Waals surface area contributed by atoms with E-state index in [1.807, 2.05) is 19.1 Å². The zero-order valence-corrected chi connectivity index (χ0v) is 10.2. The Kier molecular flexibility index (Phi) is 2.64. The van der Waals surface area contributed by atoms with Gasteiger partial charge in [0.1, 0.15) is 6.33 Å². The maximum absolute atomic E-state index is 5.73. The summed E-state index contributed by atoms with van der Waals surface area (Å²) in [5, 5.41) is 0. The third kappa shape index (κ3) is 2.25. The van der Waals surface area contributed by atoms with E-state index in [9.17, 15) is 0 Å². The zero-order chi connectivity index (χ0) is 13.2. The van der Waals surface area contributed by atoms with Crippen LogP contribution in [0.2, 0.25) is 0 Å². The van der Waals surface area contributed by atoms with Crippen molar-refractivity contribution in [1.29, 1.82) is 0 Å². The Hall–Kier alpha value is -2.83. The lowest BCUT2D eigenvalue weighted by Gasteiger charge is -2.05. The number of imidazole rings is 1. The summed E-state index contributed by atoms with van der Waals surface area (Å²) >= 11 is 0. The molecule has 0 aliphatic carbocycles. The molecule has 0 aliphatic rings. The van der Waals surface area contributed by atoms with Crippen LogP contribution in [0, 0.1) is 6.92 Å². The first-order valence-electron chi connectivity index (χ1n) is 5.65. The van der Waals surface area contributed by atoms with E-state index < -0.39 is 0 Å². The summed E-state index contributed by atoms with van der Waals surface area (Å²) in [5.74, 6) is 1.12. The van der Waals surface area contributed by atoms with Crippen molar-refractivity contribution in [3.63, 3.8) is 0 Å². The fraction of sp³-hybridized carbons (Fsp3) is 0.0833. The molecule has 0 spiro atoms. The summed E-state index contributed by atoms with van der Waals surface area (Å²) in [6.07, 6.45) is 6.71. The minimum atomic E-state index is 0.170. The molecule has 3 rings (SSSR count). The largest absolute Gasteiger partial charge is 0.368 e. The topological polar surface area (TPSA) is 95.4 Å². The fourth-order valence-corrected chi connectivity index (χ4v) is 1.69. The van der Waals surface area contributed by atoms with Crippen molar-refractivity contribution < 1.29 is 0 Å². The van der Waals surface area contributed by atoms with E-state index in [-0.39, 0.29) is 5.95 Å². The molecular weight excluding hydrogens is 242 g/mol. The number of anilines is 1. The molecule has 0 fully saturated rings. The Morgan fingerprint density at radius 2 is 2.05 bits per heavy atom. The molecule has 0 bridgehead atoms. The molecule has 19 heavy (non-hydrogen) atoms. The van der Waals surface area contributed by atoms with Gasteiger partial charge in [-0.05, 0) is 19.1 Å². The highest BCUT2D eigenvalue weighted by molar-refractivity contribution is 5.56. The summed E-state index contributed by atoms with van der Waals surface area (Å²) in [6, 6.07) is 3.73. The summed E-state index contributed by atoms with van der Waals surface area (Å²) in [5.41, 5.74) is 7.47. The zero-order valence-electron chi connectivity index (χ0n) is 10.2. The van der Waals surface area contributed by atoms with Gasteiger partial charge in [-0.1, -0.05) is 0 Å². The second kappa shape index (κ2) is 4.45. The van der Waals surface area contributed by atoms with E-state index in [0.29, 0.717) is 11.8 Å². The Morgan fingerprint density at radius 1 is 1.16 bits per heavy atom. The van der Waals surface area contributed by atoms with Crippen molar-refractivity contribution in [1.82, 2.24) is 29.5 Å². The molecule has 3 aromatic rings. The molecule has 0 aromatic carbocycles. The number of nitrogens with zero attached hydrogens (tertiary/aromatic N) is 6. The molecule has 3 heterocycles. The number of aryl methyl sites for hydroxylation is 1. The van der Waals surface area contributed by atoms with Gasteiger partial charge in [-0.25, -0.2) is 4.98 Å². The van der Waals surface area contributed by atoms with Crippen molar-refractivity contribution in [3.8, 4) is 17.3 Å².